The van der Waals surface area contributed by atoms with Gasteiger partial charge in [0.05, 0.1) is 11.3 Å². The van der Waals surface area contributed by atoms with Gasteiger partial charge in [0.25, 0.3) is 0 Å². The number of nitrogens with zero attached hydrogens (tertiary/aromatic N) is 3. The van der Waals surface area contributed by atoms with Gasteiger partial charge in [-0.1, -0.05) is 30.3 Å². The first kappa shape index (κ1) is 21.2. The number of carbonyl (C=O) groups is 2. The number of carboxylic acid groups (broad SMARTS) is 1. The normalized spacial score (nSPS) is 14.7. The van der Waals surface area contributed by atoms with Gasteiger partial charge in [0.2, 0.25) is 5.91 Å². The molecule has 31 heavy (non-hydrogen) atoms. The molecule has 1 aromatic carbocycles. The number of hydrogen-bond donors (Lipinski definition) is 2. The summed E-state index contributed by atoms with van der Waals surface area (Å²) in [6.07, 6.45) is 3.78. The number of thiophene rings is 1. The van der Waals surface area contributed by atoms with E-state index in [0.717, 1.165) is 27.2 Å². The first-order valence-electron chi connectivity index (χ1n) is 10.6. The number of fused-ring (bicyclic) bond motifs is 1. The van der Waals surface area contributed by atoms with Crippen LogP contribution in [-0.2, 0) is 9.59 Å². The maximum absolute atomic E-state index is 12.5. The van der Waals surface area contributed by atoms with Gasteiger partial charge in [0.15, 0.2) is 0 Å². The van der Waals surface area contributed by atoms with E-state index in [1.54, 1.807) is 22.6 Å². The molecule has 1 fully saturated rings. The molecule has 0 bridgehead atoms. The summed E-state index contributed by atoms with van der Waals surface area (Å²) >= 11 is 1.66. The molecule has 0 atom stereocenters. The minimum absolute atomic E-state index is 0.0924. The Morgan fingerprint density at radius 2 is 1.94 bits per heavy atom. The Balaban J connectivity index is 1.38. The second-order valence-electron chi connectivity index (χ2n) is 7.83. The number of nitrogens with one attached hydrogen (secondary N) is 1. The fourth-order valence-corrected chi connectivity index (χ4v) is 5.12. The molecule has 162 valence electrons. The number of aliphatic carboxylic acids is 1. The Morgan fingerprint density at radius 3 is 2.65 bits per heavy atom. The molecule has 7 nitrogen and oxygen atoms in total. The van der Waals surface area contributed by atoms with Crippen molar-refractivity contribution in [3.05, 3.63) is 41.5 Å². The summed E-state index contributed by atoms with van der Waals surface area (Å²) in [4.78, 5) is 36.4. The van der Waals surface area contributed by atoms with Gasteiger partial charge in [-0.15, -0.1) is 11.3 Å². The van der Waals surface area contributed by atoms with Crippen molar-refractivity contribution in [2.45, 2.75) is 32.6 Å². The van der Waals surface area contributed by atoms with Gasteiger partial charge in [-0.3, -0.25) is 9.59 Å². The fourth-order valence-electron chi connectivity index (χ4n) is 4.11. The number of aromatic nitrogens is 2. The van der Waals surface area contributed by atoms with Crippen LogP contribution < -0.4 is 5.32 Å². The average Bonchev–Trinajstić information content (AvgIpc) is 3.13. The number of carboxylic acids is 1. The van der Waals surface area contributed by atoms with Crippen LogP contribution in [0, 0.1) is 12.8 Å². The van der Waals surface area contributed by atoms with Gasteiger partial charge in [-0.05, 0) is 31.7 Å². The van der Waals surface area contributed by atoms with Crippen LogP contribution in [0.1, 0.15) is 30.6 Å². The summed E-state index contributed by atoms with van der Waals surface area (Å²) < 4.78 is 0. The molecule has 0 unspecified atom stereocenters. The molecular formula is C23H26N4O3S. The van der Waals surface area contributed by atoms with Crippen LogP contribution in [-0.4, -0.2) is 51.5 Å². The maximum Gasteiger partial charge on any atom is 0.306 e. The number of hydrogen-bond acceptors (Lipinski definition) is 6. The van der Waals surface area contributed by atoms with Crippen LogP contribution in [0.2, 0.25) is 0 Å². The fraction of sp³-hybridized carbons (Fsp3) is 0.391. The van der Waals surface area contributed by atoms with Crippen LogP contribution in [0.25, 0.3) is 21.3 Å². The number of piperidine rings is 1. The van der Waals surface area contributed by atoms with E-state index in [1.165, 1.54) is 4.88 Å². The SMILES string of the molecule is Cc1sc2ncnc(NCCCC(=O)N3CCC(C(=O)O)CC3)c2c1-c1ccccc1. The molecule has 1 aliphatic heterocycles. The zero-order chi connectivity index (χ0) is 21.8. The topological polar surface area (TPSA) is 95.4 Å². The van der Waals surface area contributed by atoms with E-state index in [9.17, 15) is 9.59 Å². The third kappa shape index (κ3) is 4.69. The highest BCUT2D eigenvalue weighted by molar-refractivity contribution is 7.19. The highest BCUT2D eigenvalue weighted by Crippen LogP contribution is 2.40. The molecule has 0 radical (unpaired) electrons. The van der Waals surface area contributed by atoms with E-state index >= 15 is 0 Å². The lowest BCUT2D eigenvalue weighted by Gasteiger charge is -2.30. The quantitative estimate of drug-likeness (QED) is 0.537. The van der Waals surface area contributed by atoms with E-state index in [1.807, 2.05) is 18.2 Å². The van der Waals surface area contributed by atoms with Gasteiger partial charge in [0.1, 0.15) is 17.0 Å². The van der Waals surface area contributed by atoms with Crippen LogP contribution in [0.4, 0.5) is 5.82 Å². The van der Waals surface area contributed by atoms with E-state index < -0.39 is 5.97 Å². The average molecular weight is 439 g/mol. The third-order valence-corrected chi connectivity index (χ3v) is 6.80. The molecule has 8 heteroatoms. The van der Waals surface area contributed by atoms with E-state index in [2.05, 4.69) is 34.3 Å². The first-order chi connectivity index (χ1) is 15.0. The van der Waals surface area contributed by atoms with Crippen LogP contribution in [0.3, 0.4) is 0 Å². The van der Waals surface area contributed by atoms with Gasteiger partial charge in [-0.2, -0.15) is 0 Å². The summed E-state index contributed by atoms with van der Waals surface area (Å²) in [6, 6.07) is 10.2. The highest BCUT2D eigenvalue weighted by Gasteiger charge is 2.26. The number of carbonyl (C=O) groups excluding carboxylic acids is 1. The molecule has 2 N–H and O–H groups in total. The Kier molecular flexibility index (Phi) is 6.46. The molecule has 1 saturated heterocycles. The molecule has 0 aliphatic carbocycles. The number of anilines is 1. The minimum Gasteiger partial charge on any atom is -0.481 e. The lowest BCUT2D eigenvalue weighted by molar-refractivity contribution is -0.145. The monoisotopic (exact) mass is 438 g/mol. The highest BCUT2D eigenvalue weighted by atomic mass is 32.1. The van der Waals surface area contributed by atoms with Crippen molar-refractivity contribution in [1.82, 2.24) is 14.9 Å². The summed E-state index contributed by atoms with van der Waals surface area (Å²) in [7, 11) is 0. The second-order valence-corrected chi connectivity index (χ2v) is 9.03. The predicted octanol–water partition coefficient (Wildman–Crippen LogP) is 4.18. The standard InChI is InChI=1S/C23H26N4O3S/c1-15-19(16-6-3-2-4-7-16)20-21(25-14-26-22(20)31-15)24-11-5-8-18(28)27-12-9-17(10-13-27)23(29)30/h2-4,6-7,14,17H,5,8-13H2,1H3,(H,29,30)(H,24,25,26). The number of aryl methyl sites for hydroxylation is 1. The number of amides is 1. The molecule has 1 aliphatic rings. The van der Waals surface area contributed by atoms with Gasteiger partial charge in [-0.25, -0.2) is 9.97 Å². The largest absolute Gasteiger partial charge is 0.481 e. The predicted molar refractivity (Wildman–Crippen MR) is 122 cm³/mol. The van der Waals surface area contributed by atoms with Crippen molar-refractivity contribution in [3.63, 3.8) is 0 Å². The second kappa shape index (κ2) is 9.43. The lowest BCUT2D eigenvalue weighted by atomic mass is 9.97. The molecule has 4 rings (SSSR count). The molecule has 1 amide bonds. The summed E-state index contributed by atoms with van der Waals surface area (Å²) in [5.74, 6) is -0.192. The first-order valence-corrected chi connectivity index (χ1v) is 11.4. The van der Waals surface area contributed by atoms with Gasteiger partial charge >= 0.3 is 5.97 Å². The van der Waals surface area contributed by atoms with E-state index in [-0.39, 0.29) is 11.8 Å². The van der Waals surface area contributed by atoms with Crippen LogP contribution in [0.5, 0.6) is 0 Å². The smallest absolute Gasteiger partial charge is 0.306 e. The van der Waals surface area contributed by atoms with Crippen LogP contribution in [0.15, 0.2) is 36.7 Å². The minimum atomic E-state index is -0.758. The summed E-state index contributed by atoms with van der Waals surface area (Å²) in [6.45, 7) is 3.80. The number of benzene rings is 1. The van der Waals surface area contributed by atoms with Crippen molar-refractivity contribution < 1.29 is 14.7 Å². The van der Waals surface area contributed by atoms with Crippen molar-refractivity contribution >= 4 is 39.2 Å². The Labute approximate surface area is 185 Å². The molecule has 3 heterocycles. The molecule has 0 saturated carbocycles. The molecule has 2 aromatic heterocycles. The zero-order valence-corrected chi connectivity index (χ0v) is 18.3. The van der Waals surface area contributed by atoms with E-state index in [0.29, 0.717) is 45.3 Å². The van der Waals surface area contributed by atoms with Crippen molar-refractivity contribution in [1.29, 1.82) is 0 Å². The Morgan fingerprint density at radius 1 is 1.19 bits per heavy atom. The Bertz CT molecular complexity index is 1080. The number of likely N-dealkylation sites (tertiary alicyclic amines) is 1. The van der Waals surface area contributed by atoms with Gasteiger partial charge in [0, 0.05) is 36.5 Å². The summed E-state index contributed by atoms with van der Waals surface area (Å²) in [5, 5.41) is 13.5. The molecule has 0 spiro atoms. The molecular weight excluding hydrogens is 412 g/mol. The Hall–Kier alpha value is -3.00. The van der Waals surface area contributed by atoms with Gasteiger partial charge < -0.3 is 15.3 Å². The van der Waals surface area contributed by atoms with Crippen LogP contribution >= 0.6 is 11.3 Å². The zero-order valence-electron chi connectivity index (χ0n) is 17.5. The van der Waals surface area contributed by atoms with Crippen molar-refractivity contribution in [3.8, 4) is 11.1 Å². The van der Waals surface area contributed by atoms with Crippen molar-refractivity contribution in [2.75, 3.05) is 25.0 Å². The summed E-state index contributed by atoms with van der Waals surface area (Å²) in [5.41, 5.74) is 2.30. The molecule has 3 aromatic rings. The number of rotatable bonds is 7. The lowest BCUT2D eigenvalue weighted by Crippen LogP contribution is -2.40. The third-order valence-electron chi connectivity index (χ3n) is 5.78. The van der Waals surface area contributed by atoms with Crippen molar-refractivity contribution in [2.24, 2.45) is 5.92 Å². The van der Waals surface area contributed by atoms with E-state index in [4.69, 9.17) is 5.11 Å². The maximum atomic E-state index is 12.5.